The van der Waals surface area contributed by atoms with Gasteiger partial charge in [0.25, 0.3) is 0 Å². The fourth-order valence-electron chi connectivity index (χ4n) is 2.06. The minimum absolute atomic E-state index is 0.0129. The maximum Gasteiger partial charge on any atom is 0.166 e. The van der Waals surface area contributed by atoms with Gasteiger partial charge in [-0.15, -0.1) is 0 Å². The number of hydrogen-bond acceptors (Lipinski definition) is 0. The molecule has 0 amide bonds. The molecule has 0 aliphatic heterocycles. The highest BCUT2D eigenvalue weighted by atomic mass is 28.3. The zero-order valence-electron chi connectivity index (χ0n) is 11.4. The first kappa shape index (κ1) is 14.8. The van der Waals surface area contributed by atoms with Gasteiger partial charge in [0, 0.05) is 11.6 Å². The highest BCUT2D eigenvalue weighted by molar-refractivity contribution is 6.88. The van der Waals surface area contributed by atoms with Crippen LogP contribution >= 0.6 is 0 Å². The second kappa shape index (κ2) is 5.05. The molecular weight excluding hydrogens is 284 g/mol. The van der Waals surface area contributed by atoms with E-state index in [1.165, 1.54) is 12.1 Å². The lowest BCUT2D eigenvalue weighted by Gasteiger charge is -2.19. The van der Waals surface area contributed by atoms with Crippen LogP contribution in [0.25, 0.3) is 11.1 Å². The highest BCUT2D eigenvalue weighted by Gasteiger charge is 2.25. The minimum atomic E-state index is -2.02. The van der Waals surface area contributed by atoms with Crippen molar-refractivity contribution in [3.8, 4) is 11.1 Å². The number of hydrogen-bond donors (Lipinski definition) is 0. The summed E-state index contributed by atoms with van der Waals surface area (Å²) in [6, 6.07) is 5.53. The van der Waals surface area contributed by atoms with Crippen LogP contribution in [0.4, 0.5) is 17.6 Å². The predicted molar refractivity (Wildman–Crippen MR) is 74.7 cm³/mol. The quantitative estimate of drug-likeness (QED) is 0.567. The van der Waals surface area contributed by atoms with Crippen molar-refractivity contribution >= 4 is 13.3 Å². The Labute approximate surface area is 116 Å². The van der Waals surface area contributed by atoms with Crippen LogP contribution in [0.15, 0.2) is 30.3 Å². The van der Waals surface area contributed by atoms with E-state index in [0.717, 1.165) is 12.1 Å². The van der Waals surface area contributed by atoms with Crippen LogP contribution in [0, 0.1) is 23.3 Å². The number of rotatable bonds is 2. The third-order valence-electron chi connectivity index (χ3n) is 3.06. The Bertz CT molecular complexity index is 639. The first-order valence-corrected chi connectivity index (χ1v) is 9.65. The zero-order chi connectivity index (χ0) is 15.1. The summed E-state index contributed by atoms with van der Waals surface area (Å²) in [5, 5.41) is 0.357. The molecule has 0 fully saturated rings. The Morgan fingerprint density at radius 3 is 1.80 bits per heavy atom. The fraction of sp³-hybridized carbons (Fsp3) is 0.200. The van der Waals surface area contributed by atoms with Crippen molar-refractivity contribution in [2.24, 2.45) is 0 Å². The van der Waals surface area contributed by atoms with Crippen molar-refractivity contribution < 1.29 is 17.6 Å². The largest absolute Gasteiger partial charge is 0.207 e. The molecule has 0 aliphatic rings. The van der Waals surface area contributed by atoms with Gasteiger partial charge in [-0.05, 0) is 22.9 Å². The maximum atomic E-state index is 14.1. The summed E-state index contributed by atoms with van der Waals surface area (Å²) < 4.78 is 54.6. The van der Waals surface area contributed by atoms with Crippen molar-refractivity contribution in [3.63, 3.8) is 0 Å². The predicted octanol–water partition coefficient (Wildman–Crippen LogP) is 4.46. The van der Waals surface area contributed by atoms with Gasteiger partial charge in [-0.3, -0.25) is 0 Å². The fourth-order valence-corrected chi connectivity index (χ4v) is 3.41. The molecule has 0 heterocycles. The van der Waals surface area contributed by atoms with E-state index in [1.54, 1.807) is 0 Å². The highest BCUT2D eigenvalue weighted by Crippen LogP contribution is 2.26. The van der Waals surface area contributed by atoms with Crippen LogP contribution in [0.3, 0.4) is 0 Å². The van der Waals surface area contributed by atoms with Crippen LogP contribution in [0.2, 0.25) is 19.6 Å². The van der Waals surface area contributed by atoms with Gasteiger partial charge < -0.3 is 0 Å². The summed E-state index contributed by atoms with van der Waals surface area (Å²) in [7, 11) is -2.02. The molecule has 0 N–H and O–H groups in total. The van der Waals surface area contributed by atoms with Crippen molar-refractivity contribution in [3.05, 3.63) is 53.6 Å². The van der Waals surface area contributed by atoms with Gasteiger partial charge in [-0.2, -0.15) is 0 Å². The van der Waals surface area contributed by atoms with Crippen LogP contribution in [-0.4, -0.2) is 8.07 Å². The molecule has 0 aromatic heterocycles. The van der Waals surface area contributed by atoms with E-state index in [9.17, 15) is 17.6 Å². The van der Waals surface area contributed by atoms with E-state index >= 15 is 0 Å². The molecule has 0 spiro atoms. The Hall–Kier alpha value is -1.62. The van der Waals surface area contributed by atoms with E-state index in [-0.39, 0.29) is 11.1 Å². The Morgan fingerprint density at radius 1 is 0.750 bits per heavy atom. The number of halogens is 4. The van der Waals surface area contributed by atoms with Crippen molar-refractivity contribution in [2.45, 2.75) is 19.6 Å². The van der Waals surface area contributed by atoms with E-state index in [1.807, 2.05) is 19.6 Å². The monoisotopic (exact) mass is 298 g/mol. The van der Waals surface area contributed by atoms with E-state index in [0.29, 0.717) is 11.3 Å². The van der Waals surface area contributed by atoms with Gasteiger partial charge >= 0.3 is 0 Å². The minimum Gasteiger partial charge on any atom is -0.207 e. The molecule has 0 radical (unpaired) electrons. The third-order valence-corrected chi connectivity index (χ3v) is 5.07. The van der Waals surface area contributed by atoms with Gasteiger partial charge in [-0.1, -0.05) is 31.8 Å². The third kappa shape index (κ3) is 2.77. The second-order valence-corrected chi connectivity index (χ2v) is 10.7. The van der Waals surface area contributed by atoms with Crippen molar-refractivity contribution in [2.75, 3.05) is 0 Å². The second-order valence-electron chi connectivity index (χ2n) is 5.70. The van der Waals surface area contributed by atoms with Crippen LogP contribution < -0.4 is 5.19 Å². The van der Waals surface area contributed by atoms with Gasteiger partial charge in [0.2, 0.25) is 0 Å². The summed E-state index contributed by atoms with van der Waals surface area (Å²) in [4.78, 5) is 0. The zero-order valence-corrected chi connectivity index (χ0v) is 12.4. The molecule has 2 rings (SSSR count). The molecule has 106 valence electrons. The summed E-state index contributed by atoms with van der Waals surface area (Å²) in [6.07, 6.45) is 0. The lowest BCUT2D eigenvalue weighted by atomic mass is 10.0. The normalized spacial score (nSPS) is 11.8. The molecular formula is C15H14F4Si. The van der Waals surface area contributed by atoms with E-state index in [4.69, 9.17) is 0 Å². The molecule has 0 unspecified atom stereocenters. The van der Waals surface area contributed by atoms with Gasteiger partial charge in [0.1, 0.15) is 11.6 Å². The Kier molecular flexibility index (Phi) is 3.73. The molecule has 2 aromatic rings. The standard InChI is InChI=1S/C15H14F4Si/c1-20(2,3)13-5-4-12(14(18)15(13)19)9-6-10(16)8-11(17)7-9/h4-8H,1-3H3. The molecule has 0 aliphatic carbocycles. The maximum absolute atomic E-state index is 14.1. The molecule has 0 saturated carbocycles. The van der Waals surface area contributed by atoms with E-state index < -0.39 is 31.3 Å². The van der Waals surface area contributed by atoms with Gasteiger partial charge in [-0.25, -0.2) is 17.6 Å². The topological polar surface area (TPSA) is 0 Å². The first-order valence-electron chi connectivity index (χ1n) is 6.15. The molecule has 0 nitrogen and oxygen atoms in total. The molecule has 2 aromatic carbocycles. The average molecular weight is 298 g/mol. The SMILES string of the molecule is C[Si](C)(C)c1ccc(-c2cc(F)cc(F)c2)c(F)c1F. The van der Waals surface area contributed by atoms with Crippen molar-refractivity contribution in [1.82, 2.24) is 0 Å². The average Bonchev–Trinajstić information content (AvgIpc) is 2.29. The number of benzene rings is 2. The van der Waals surface area contributed by atoms with Crippen LogP contribution in [0.5, 0.6) is 0 Å². The lowest BCUT2D eigenvalue weighted by molar-refractivity contribution is 0.516. The molecule has 0 saturated heterocycles. The Balaban J connectivity index is 2.63. The first-order chi connectivity index (χ1) is 9.20. The summed E-state index contributed by atoms with van der Waals surface area (Å²) in [5.41, 5.74) is -0.149. The summed E-state index contributed by atoms with van der Waals surface area (Å²) in [6.45, 7) is 5.69. The van der Waals surface area contributed by atoms with Gasteiger partial charge in [0.15, 0.2) is 11.6 Å². The smallest absolute Gasteiger partial charge is 0.166 e. The Morgan fingerprint density at radius 2 is 1.30 bits per heavy atom. The molecule has 5 heteroatoms. The molecule has 20 heavy (non-hydrogen) atoms. The van der Waals surface area contributed by atoms with Crippen LogP contribution in [-0.2, 0) is 0 Å². The van der Waals surface area contributed by atoms with Gasteiger partial charge in [0.05, 0.1) is 8.07 Å². The van der Waals surface area contributed by atoms with Crippen molar-refractivity contribution in [1.29, 1.82) is 0 Å². The van der Waals surface area contributed by atoms with E-state index in [2.05, 4.69) is 0 Å². The molecule has 0 atom stereocenters. The van der Waals surface area contributed by atoms with Crippen LogP contribution in [0.1, 0.15) is 0 Å². The summed E-state index contributed by atoms with van der Waals surface area (Å²) >= 11 is 0. The molecule has 0 bridgehead atoms. The lowest BCUT2D eigenvalue weighted by Crippen LogP contribution is -2.40. The summed E-state index contributed by atoms with van der Waals surface area (Å²) in [5.74, 6) is -3.63.